The quantitative estimate of drug-likeness (QED) is 0.158. The molecule has 3 N–H and O–H groups in total. The third kappa shape index (κ3) is 12.0. The van der Waals surface area contributed by atoms with Gasteiger partial charge in [0.15, 0.2) is 0 Å². The van der Waals surface area contributed by atoms with E-state index in [-0.39, 0.29) is 31.7 Å². The summed E-state index contributed by atoms with van der Waals surface area (Å²) < 4.78 is 23.5. The number of ether oxygens (including phenoxy) is 2. The van der Waals surface area contributed by atoms with Crippen LogP contribution in [0.4, 0.5) is 4.79 Å². The first-order valence-corrected chi connectivity index (χ1v) is 16.7. The summed E-state index contributed by atoms with van der Waals surface area (Å²) in [7, 11) is -2.53. The summed E-state index contributed by atoms with van der Waals surface area (Å²) >= 11 is 0. The Bertz CT molecular complexity index is 1410. The zero-order chi connectivity index (χ0) is 32.2. The van der Waals surface area contributed by atoms with Gasteiger partial charge >= 0.3 is 12.1 Å². The lowest BCUT2D eigenvalue weighted by Gasteiger charge is -2.24. The minimum Gasteiger partial charge on any atom is -0.467 e. The number of aryl methyl sites for hydroxylation is 1. The molecule has 0 saturated heterocycles. The van der Waals surface area contributed by atoms with Gasteiger partial charge < -0.3 is 25.0 Å². The van der Waals surface area contributed by atoms with Gasteiger partial charge in [0.25, 0.3) is 0 Å². The molecule has 3 aromatic carbocycles. The fraction of sp³-hybridized carbons (Fsp3) is 0.382. The van der Waals surface area contributed by atoms with Crippen LogP contribution in [0.5, 0.6) is 0 Å². The largest absolute Gasteiger partial charge is 0.467 e. The van der Waals surface area contributed by atoms with Crippen LogP contribution in [0.15, 0.2) is 84.9 Å². The molecule has 0 aliphatic carbocycles. The van der Waals surface area contributed by atoms with E-state index < -0.39 is 42.9 Å². The van der Waals surface area contributed by atoms with Crippen LogP contribution in [-0.4, -0.2) is 60.5 Å². The molecule has 9 nitrogen and oxygen atoms in total. The molecule has 0 aliphatic rings. The Morgan fingerprint density at radius 1 is 0.864 bits per heavy atom. The molecule has 0 fully saturated rings. The number of rotatable bonds is 14. The molecule has 3 aromatic rings. The lowest BCUT2D eigenvalue weighted by atomic mass is 9.97. The SMILES string of the molecule is COC(=O)C(CCNC(=O)OC(C)(C)C)NC(=O)C(Cc1ccc(-c2ccccc2)cc1)CP(=O)(O)CCc1ccccc1. The van der Waals surface area contributed by atoms with Gasteiger partial charge in [-0.25, -0.2) is 9.59 Å². The Labute approximate surface area is 259 Å². The van der Waals surface area contributed by atoms with Crippen molar-refractivity contribution < 1.29 is 33.3 Å². The summed E-state index contributed by atoms with van der Waals surface area (Å²) in [6.45, 7) is 5.24. The molecular weight excluding hydrogens is 579 g/mol. The van der Waals surface area contributed by atoms with Gasteiger partial charge in [0.05, 0.1) is 13.0 Å². The Balaban J connectivity index is 1.75. The molecule has 0 radical (unpaired) electrons. The smallest absolute Gasteiger partial charge is 0.407 e. The van der Waals surface area contributed by atoms with Crippen molar-refractivity contribution in [2.75, 3.05) is 26.0 Å². The minimum atomic E-state index is -3.74. The number of carbonyl (C=O) groups excluding carboxylic acids is 3. The highest BCUT2D eigenvalue weighted by Gasteiger charge is 2.32. The lowest BCUT2D eigenvalue weighted by Crippen LogP contribution is -2.47. The number of nitrogens with one attached hydrogen (secondary N) is 2. The van der Waals surface area contributed by atoms with E-state index in [4.69, 9.17) is 9.47 Å². The van der Waals surface area contributed by atoms with Gasteiger partial charge in [0, 0.05) is 18.9 Å². The first-order chi connectivity index (χ1) is 20.8. The van der Waals surface area contributed by atoms with Gasteiger partial charge in [-0.1, -0.05) is 84.9 Å². The highest BCUT2D eigenvalue weighted by atomic mass is 31.2. The molecule has 3 rings (SSSR count). The van der Waals surface area contributed by atoms with Crippen molar-refractivity contribution in [3.63, 3.8) is 0 Å². The van der Waals surface area contributed by atoms with E-state index in [9.17, 15) is 23.8 Å². The molecule has 0 saturated carbocycles. The van der Waals surface area contributed by atoms with Gasteiger partial charge in [-0.2, -0.15) is 0 Å². The van der Waals surface area contributed by atoms with Crippen LogP contribution in [0.1, 0.15) is 38.3 Å². The number of carbonyl (C=O) groups is 3. The number of alkyl carbamates (subject to hydrolysis) is 1. The van der Waals surface area contributed by atoms with Gasteiger partial charge in [-0.3, -0.25) is 9.36 Å². The average molecular weight is 623 g/mol. The molecule has 0 aliphatic heterocycles. The summed E-state index contributed by atoms with van der Waals surface area (Å²) in [5, 5.41) is 5.28. The summed E-state index contributed by atoms with van der Waals surface area (Å²) in [5.74, 6) is -2.12. The highest BCUT2D eigenvalue weighted by molar-refractivity contribution is 7.58. The van der Waals surface area contributed by atoms with E-state index in [1.54, 1.807) is 20.8 Å². The number of amides is 2. The lowest BCUT2D eigenvalue weighted by molar-refractivity contribution is -0.145. The monoisotopic (exact) mass is 622 g/mol. The second kappa shape index (κ2) is 16.2. The number of methoxy groups -OCH3 is 1. The molecule has 0 aromatic heterocycles. The molecule has 236 valence electrons. The fourth-order valence-electron chi connectivity index (χ4n) is 4.69. The maximum Gasteiger partial charge on any atom is 0.407 e. The van der Waals surface area contributed by atoms with E-state index in [0.29, 0.717) is 6.42 Å². The van der Waals surface area contributed by atoms with Crippen molar-refractivity contribution >= 4 is 25.3 Å². The number of hydrogen-bond acceptors (Lipinski definition) is 6. The van der Waals surface area contributed by atoms with Crippen molar-refractivity contribution in [2.45, 2.75) is 51.7 Å². The maximum absolute atomic E-state index is 13.6. The van der Waals surface area contributed by atoms with Crippen molar-refractivity contribution in [3.05, 3.63) is 96.1 Å². The highest BCUT2D eigenvalue weighted by Crippen LogP contribution is 2.43. The fourth-order valence-corrected chi connectivity index (χ4v) is 6.46. The molecule has 0 bridgehead atoms. The minimum absolute atomic E-state index is 0.0218. The van der Waals surface area contributed by atoms with Crippen LogP contribution in [0.3, 0.4) is 0 Å². The summed E-state index contributed by atoms with van der Waals surface area (Å²) in [6.07, 6.45) is -0.245. The predicted molar refractivity (Wildman–Crippen MR) is 172 cm³/mol. The third-order valence-corrected chi connectivity index (χ3v) is 8.85. The first-order valence-electron chi connectivity index (χ1n) is 14.7. The molecule has 3 atom stereocenters. The van der Waals surface area contributed by atoms with E-state index in [1.165, 1.54) is 7.11 Å². The second-order valence-electron chi connectivity index (χ2n) is 11.8. The second-order valence-corrected chi connectivity index (χ2v) is 14.3. The molecule has 44 heavy (non-hydrogen) atoms. The number of benzene rings is 3. The average Bonchev–Trinajstić information content (AvgIpc) is 2.99. The third-order valence-electron chi connectivity index (χ3n) is 6.92. The molecule has 10 heteroatoms. The number of esters is 1. The molecule has 0 heterocycles. The maximum atomic E-state index is 13.6. The normalized spacial score (nSPS) is 14.0. The first kappa shape index (κ1) is 34.5. The zero-order valence-corrected chi connectivity index (χ0v) is 26.7. The van der Waals surface area contributed by atoms with Crippen LogP contribution < -0.4 is 10.6 Å². The van der Waals surface area contributed by atoms with Crippen LogP contribution >= 0.6 is 7.37 Å². The molecule has 0 spiro atoms. The standard InChI is InChI=1S/C34H43N2O7P/c1-34(2,3)43-33(39)35-21-19-30(32(38)42-4)36-31(37)29(24-44(40,41)22-20-25-11-7-5-8-12-25)23-26-15-17-28(18-16-26)27-13-9-6-10-14-27/h5-18,29-30H,19-24H2,1-4H3,(H,35,39)(H,36,37)(H,40,41). The summed E-state index contributed by atoms with van der Waals surface area (Å²) in [6, 6.07) is 25.9. The van der Waals surface area contributed by atoms with E-state index in [1.807, 2.05) is 84.9 Å². The van der Waals surface area contributed by atoms with Crippen molar-refractivity contribution in [1.82, 2.24) is 10.6 Å². The van der Waals surface area contributed by atoms with Gasteiger partial charge in [0.1, 0.15) is 11.6 Å². The van der Waals surface area contributed by atoms with Gasteiger partial charge in [-0.05, 0) is 62.3 Å². The molecule has 3 unspecified atom stereocenters. The van der Waals surface area contributed by atoms with Crippen LogP contribution in [-0.2, 0) is 36.5 Å². The van der Waals surface area contributed by atoms with E-state index >= 15 is 0 Å². The Hall–Kier alpha value is -3.94. The van der Waals surface area contributed by atoms with Crippen molar-refractivity contribution in [3.8, 4) is 11.1 Å². The van der Waals surface area contributed by atoms with Crippen LogP contribution in [0, 0.1) is 5.92 Å². The zero-order valence-electron chi connectivity index (χ0n) is 25.8. The van der Waals surface area contributed by atoms with Crippen molar-refractivity contribution in [2.24, 2.45) is 5.92 Å². The van der Waals surface area contributed by atoms with Crippen LogP contribution in [0.2, 0.25) is 0 Å². The van der Waals surface area contributed by atoms with Gasteiger partial charge in [0.2, 0.25) is 13.3 Å². The van der Waals surface area contributed by atoms with E-state index in [2.05, 4.69) is 10.6 Å². The van der Waals surface area contributed by atoms with Crippen LogP contribution in [0.25, 0.3) is 11.1 Å². The topological polar surface area (TPSA) is 131 Å². The Kier molecular flexibility index (Phi) is 12.7. The molecular formula is C34H43N2O7P. The number of hydrogen-bond donors (Lipinski definition) is 3. The van der Waals surface area contributed by atoms with Crippen molar-refractivity contribution in [1.29, 1.82) is 0 Å². The summed E-state index contributed by atoms with van der Waals surface area (Å²) in [4.78, 5) is 49.2. The Morgan fingerprint density at radius 2 is 1.45 bits per heavy atom. The van der Waals surface area contributed by atoms with Gasteiger partial charge in [-0.15, -0.1) is 0 Å². The summed E-state index contributed by atoms with van der Waals surface area (Å²) in [5.41, 5.74) is 3.12. The molecule has 2 amide bonds. The Morgan fingerprint density at radius 3 is 2.05 bits per heavy atom. The van der Waals surface area contributed by atoms with E-state index in [0.717, 1.165) is 22.3 Å². The predicted octanol–water partition coefficient (Wildman–Crippen LogP) is 5.60.